The number of nitrogens with two attached hydrogens (primary N) is 1. The number of hydrogen-bond acceptors (Lipinski definition) is 3. The lowest BCUT2D eigenvalue weighted by Gasteiger charge is -2.20. The molecule has 0 unspecified atom stereocenters. The van der Waals surface area contributed by atoms with Crippen LogP contribution >= 0.6 is 0 Å². The highest BCUT2D eigenvalue weighted by Gasteiger charge is 2.21. The highest BCUT2D eigenvalue weighted by molar-refractivity contribution is 5.93. The SMILES string of the molecule is Cc1ccc(-c2cc(C(N)=O)nc3c2CCCO3)c(F)c1. The predicted molar refractivity (Wildman–Crippen MR) is 76.7 cm³/mol. The Balaban J connectivity index is 2.24. The molecule has 0 radical (unpaired) electrons. The van der Waals surface area contributed by atoms with Gasteiger partial charge >= 0.3 is 0 Å². The van der Waals surface area contributed by atoms with Gasteiger partial charge in [-0.3, -0.25) is 4.79 Å². The number of hydrogen-bond donors (Lipinski definition) is 1. The third-order valence-electron chi connectivity index (χ3n) is 3.56. The van der Waals surface area contributed by atoms with Gasteiger partial charge in [-0.05, 0) is 43.0 Å². The van der Waals surface area contributed by atoms with Crippen LogP contribution in [0.25, 0.3) is 11.1 Å². The average Bonchev–Trinajstić information content (AvgIpc) is 2.46. The van der Waals surface area contributed by atoms with E-state index < -0.39 is 5.91 Å². The fourth-order valence-electron chi connectivity index (χ4n) is 2.53. The summed E-state index contributed by atoms with van der Waals surface area (Å²) in [6.07, 6.45) is 1.58. The molecule has 0 atom stereocenters. The molecule has 1 aromatic heterocycles. The van der Waals surface area contributed by atoms with E-state index in [9.17, 15) is 9.18 Å². The number of primary amides is 1. The van der Waals surface area contributed by atoms with Gasteiger partial charge in [-0.25, -0.2) is 9.37 Å². The number of carbonyl (C=O) groups is 1. The number of ether oxygens (including phenoxy) is 1. The molecule has 5 heteroatoms. The Labute approximate surface area is 121 Å². The van der Waals surface area contributed by atoms with Crippen LogP contribution in [-0.2, 0) is 6.42 Å². The van der Waals surface area contributed by atoms with Gasteiger partial charge in [-0.1, -0.05) is 12.1 Å². The van der Waals surface area contributed by atoms with Crippen molar-refractivity contribution in [2.75, 3.05) is 6.61 Å². The molecule has 2 aromatic rings. The van der Waals surface area contributed by atoms with Crippen molar-refractivity contribution in [3.05, 3.63) is 46.9 Å². The number of pyridine rings is 1. The number of halogens is 1. The van der Waals surface area contributed by atoms with Crippen LogP contribution in [0.5, 0.6) is 5.88 Å². The first kappa shape index (κ1) is 13.5. The van der Waals surface area contributed by atoms with Gasteiger partial charge in [0.25, 0.3) is 5.91 Å². The summed E-state index contributed by atoms with van der Waals surface area (Å²) in [4.78, 5) is 15.5. The fourth-order valence-corrected chi connectivity index (χ4v) is 2.53. The largest absolute Gasteiger partial charge is 0.477 e. The zero-order chi connectivity index (χ0) is 15.0. The summed E-state index contributed by atoms with van der Waals surface area (Å²) < 4.78 is 19.8. The quantitative estimate of drug-likeness (QED) is 0.923. The average molecular weight is 286 g/mol. The molecule has 3 rings (SSSR count). The van der Waals surface area contributed by atoms with Crippen molar-refractivity contribution in [1.82, 2.24) is 4.98 Å². The summed E-state index contributed by atoms with van der Waals surface area (Å²) >= 11 is 0. The molecule has 1 aromatic carbocycles. The summed E-state index contributed by atoms with van der Waals surface area (Å²) in [5.74, 6) is -0.599. The van der Waals surface area contributed by atoms with E-state index in [0.29, 0.717) is 23.6 Å². The zero-order valence-electron chi connectivity index (χ0n) is 11.6. The van der Waals surface area contributed by atoms with Crippen LogP contribution in [-0.4, -0.2) is 17.5 Å². The first-order valence-corrected chi connectivity index (χ1v) is 6.79. The topological polar surface area (TPSA) is 65.2 Å². The van der Waals surface area contributed by atoms with Crippen LogP contribution in [0.3, 0.4) is 0 Å². The van der Waals surface area contributed by atoms with E-state index in [1.807, 2.05) is 13.0 Å². The first-order chi connectivity index (χ1) is 10.1. The van der Waals surface area contributed by atoms with E-state index in [4.69, 9.17) is 10.5 Å². The highest BCUT2D eigenvalue weighted by atomic mass is 19.1. The second-order valence-corrected chi connectivity index (χ2v) is 5.14. The minimum atomic E-state index is -0.652. The molecule has 2 N–H and O–H groups in total. The molecule has 108 valence electrons. The van der Waals surface area contributed by atoms with Crippen LogP contribution in [0.2, 0.25) is 0 Å². The Hall–Kier alpha value is -2.43. The molecule has 0 saturated carbocycles. The summed E-state index contributed by atoms with van der Waals surface area (Å²) in [6, 6.07) is 6.55. The number of aromatic nitrogens is 1. The van der Waals surface area contributed by atoms with Gasteiger partial charge in [-0.15, -0.1) is 0 Å². The maximum absolute atomic E-state index is 14.3. The molecule has 2 heterocycles. The van der Waals surface area contributed by atoms with Gasteiger partial charge < -0.3 is 10.5 Å². The minimum absolute atomic E-state index is 0.0885. The van der Waals surface area contributed by atoms with Gasteiger partial charge in [0.1, 0.15) is 11.5 Å². The Bertz CT molecular complexity index is 728. The molecule has 0 saturated heterocycles. The van der Waals surface area contributed by atoms with E-state index in [2.05, 4.69) is 4.98 Å². The Kier molecular flexibility index (Phi) is 3.33. The van der Waals surface area contributed by atoms with Crippen molar-refractivity contribution in [2.24, 2.45) is 5.73 Å². The number of nitrogens with zero attached hydrogens (tertiary/aromatic N) is 1. The number of amides is 1. The maximum Gasteiger partial charge on any atom is 0.267 e. The van der Waals surface area contributed by atoms with Crippen LogP contribution in [0, 0.1) is 12.7 Å². The van der Waals surface area contributed by atoms with Crippen molar-refractivity contribution in [1.29, 1.82) is 0 Å². The molecule has 1 aliphatic heterocycles. The Morgan fingerprint density at radius 1 is 1.33 bits per heavy atom. The number of rotatable bonds is 2. The highest BCUT2D eigenvalue weighted by Crippen LogP contribution is 2.35. The fraction of sp³-hybridized carbons (Fsp3) is 0.250. The van der Waals surface area contributed by atoms with Crippen molar-refractivity contribution in [2.45, 2.75) is 19.8 Å². The molecule has 0 fully saturated rings. The smallest absolute Gasteiger partial charge is 0.267 e. The lowest BCUT2D eigenvalue weighted by Crippen LogP contribution is -2.18. The normalized spacial score (nSPS) is 13.4. The second-order valence-electron chi connectivity index (χ2n) is 5.14. The molecule has 21 heavy (non-hydrogen) atoms. The van der Waals surface area contributed by atoms with Crippen LogP contribution in [0.15, 0.2) is 24.3 Å². The van der Waals surface area contributed by atoms with E-state index in [1.165, 1.54) is 6.07 Å². The monoisotopic (exact) mass is 286 g/mol. The maximum atomic E-state index is 14.3. The minimum Gasteiger partial charge on any atom is -0.477 e. The van der Waals surface area contributed by atoms with Crippen LogP contribution < -0.4 is 10.5 Å². The molecule has 0 aliphatic carbocycles. The van der Waals surface area contributed by atoms with Crippen molar-refractivity contribution < 1.29 is 13.9 Å². The molecule has 0 bridgehead atoms. The van der Waals surface area contributed by atoms with Crippen LogP contribution in [0.1, 0.15) is 28.0 Å². The van der Waals surface area contributed by atoms with E-state index >= 15 is 0 Å². The first-order valence-electron chi connectivity index (χ1n) is 6.79. The Morgan fingerprint density at radius 2 is 2.14 bits per heavy atom. The lowest BCUT2D eigenvalue weighted by atomic mass is 9.95. The van der Waals surface area contributed by atoms with Gasteiger partial charge in [0.05, 0.1) is 6.61 Å². The van der Waals surface area contributed by atoms with Gasteiger partial charge in [0.15, 0.2) is 0 Å². The number of carbonyl (C=O) groups excluding carboxylic acids is 1. The molecular formula is C16H15FN2O2. The van der Waals surface area contributed by atoms with E-state index in [1.54, 1.807) is 12.1 Å². The summed E-state index contributed by atoms with van der Waals surface area (Å²) in [5, 5.41) is 0. The lowest BCUT2D eigenvalue weighted by molar-refractivity contribution is 0.0994. The van der Waals surface area contributed by atoms with Crippen molar-refractivity contribution >= 4 is 5.91 Å². The second kappa shape index (κ2) is 5.16. The van der Waals surface area contributed by atoms with Gasteiger partial charge in [-0.2, -0.15) is 0 Å². The zero-order valence-corrected chi connectivity index (χ0v) is 11.6. The number of fused-ring (bicyclic) bond motifs is 1. The summed E-state index contributed by atoms with van der Waals surface area (Å²) in [7, 11) is 0. The summed E-state index contributed by atoms with van der Waals surface area (Å²) in [6.45, 7) is 2.37. The Morgan fingerprint density at radius 3 is 2.86 bits per heavy atom. The standard InChI is InChI=1S/C16H15FN2O2/c1-9-4-5-10(13(17)7-9)12-8-14(15(18)20)19-16-11(12)3-2-6-21-16/h4-5,7-8H,2-3,6H2,1H3,(H2,18,20). The predicted octanol–water partition coefficient (Wildman–Crippen LogP) is 2.62. The number of benzene rings is 1. The summed E-state index contributed by atoms with van der Waals surface area (Å²) in [5.41, 5.74) is 8.13. The molecule has 1 amide bonds. The molecule has 1 aliphatic rings. The van der Waals surface area contributed by atoms with Gasteiger partial charge in [0, 0.05) is 11.1 Å². The number of aryl methyl sites for hydroxylation is 1. The van der Waals surface area contributed by atoms with E-state index in [-0.39, 0.29) is 11.5 Å². The molecule has 0 spiro atoms. The molecule has 4 nitrogen and oxygen atoms in total. The van der Waals surface area contributed by atoms with Gasteiger partial charge in [0.2, 0.25) is 5.88 Å². The van der Waals surface area contributed by atoms with Crippen molar-refractivity contribution in [3.63, 3.8) is 0 Å². The third kappa shape index (κ3) is 2.46. The third-order valence-corrected chi connectivity index (χ3v) is 3.56. The van der Waals surface area contributed by atoms with Crippen LogP contribution in [0.4, 0.5) is 4.39 Å². The molecular weight excluding hydrogens is 271 g/mol. The van der Waals surface area contributed by atoms with Crippen molar-refractivity contribution in [3.8, 4) is 17.0 Å². The van der Waals surface area contributed by atoms with E-state index in [0.717, 1.165) is 24.0 Å².